The van der Waals surface area contributed by atoms with Crippen LogP contribution in [-0.2, 0) is 0 Å². The molecule has 90 valence electrons. The Bertz CT molecular complexity index is 749. The van der Waals surface area contributed by atoms with E-state index in [0.29, 0.717) is 5.82 Å². The topological polar surface area (TPSA) is 108 Å². The van der Waals surface area contributed by atoms with E-state index in [1.54, 1.807) is 0 Å². The fourth-order valence-corrected chi connectivity index (χ4v) is 2.31. The lowest BCUT2D eigenvalue weighted by atomic mass is 10.3. The molecule has 3 rings (SSSR count). The molecule has 3 aromatic heterocycles. The lowest BCUT2D eigenvalue weighted by Gasteiger charge is -1.98. The van der Waals surface area contributed by atoms with Crippen LogP contribution < -0.4 is 5.73 Å². The fraction of sp³-hybridized carbons (Fsp3) is 0. The standard InChI is InChI=1S/C10H6N4O3S/c11-8-5-3-4-18-10(5)13-9(12-8)6-1-2-7(17-6)14(15)16/h1-4H,(H2,11,12,13). The fourth-order valence-electron chi connectivity index (χ4n) is 1.53. The summed E-state index contributed by atoms with van der Waals surface area (Å²) in [6.45, 7) is 0. The minimum atomic E-state index is -0.615. The van der Waals surface area contributed by atoms with E-state index in [1.165, 1.54) is 23.5 Å². The van der Waals surface area contributed by atoms with Crippen LogP contribution in [0.4, 0.5) is 11.7 Å². The van der Waals surface area contributed by atoms with E-state index in [-0.39, 0.29) is 17.5 Å². The van der Waals surface area contributed by atoms with E-state index in [9.17, 15) is 10.1 Å². The van der Waals surface area contributed by atoms with Gasteiger partial charge in [0.1, 0.15) is 15.6 Å². The first-order valence-corrected chi connectivity index (χ1v) is 5.78. The summed E-state index contributed by atoms with van der Waals surface area (Å²) in [5, 5.41) is 13.2. The largest absolute Gasteiger partial charge is 0.433 e. The number of hydrogen-bond acceptors (Lipinski definition) is 7. The number of anilines is 1. The number of fused-ring (bicyclic) bond motifs is 1. The molecule has 0 radical (unpaired) electrons. The lowest BCUT2D eigenvalue weighted by molar-refractivity contribution is -0.401. The van der Waals surface area contributed by atoms with Crippen LogP contribution in [0.15, 0.2) is 28.0 Å². The molecule has 0 atom stereocenters. The van der Waals surface area contributed by atoms with E-state index < -0.39 is 4.92 Å². The third-order valence-corrected chi connectivity index (χ3v) is 3.15. The van der Waals surface area contributed by atoms with Gasteiger partial charge in [-0.05, 0) is 17.5 Å². The summed E-state index contributed by atoms with van der Waals surface area (Å²) < 4.78 is 5.04. The molecule has 0 saturated carbocycles. The zero-order valence-electron chi connectivity index (χ0n) is 8.86. The van der Waals surface area contributed by atoms with Crippen LogP contribution in [0.2, 0.25) is 0 Å². The van der Waals surface area contributed by atoms with Crippen LogP contribution in [-0.4, -0.2) is 14.9 Å². The van der Waals surface area contributed by atoms with Crippen molar-refractivity contribution in [3.63, 3.8) is 0 Å². The van der Waals surface area contributed by atoms with Crippen LogP contribution in [0.1, 0.15) is 0 Å². The van der Waals surface area contributed by atoms with Gasteiger partial charge in [0, 0.05) is 0 Å². The van der Waals surface area contributed by atoms with Gasteiger partial charge in [-0.1, -0.05) is 0 Å². The number of rotatable bonds is 2. The van der Waals surface area contributed by atoms with Crippen molar-refractivity contribution in [3.8, 4) is 11.6 Å². The Kier molecular flexibility index (Phi) is 2.23. The van der Waals surface area contributed by atoms with E-state index >= 15 is 0 Å². The predicted octanol–water partition coefficient (Wildman–Crippen LogP) is 2.44. The molecule has 7 nitrogen and oxygen atoms in total. The van der Waals surface area contributed by atoms with Gasteiger partial charge in [-0.15, -0.1) is 11.3 Å². The van der Waals surface area contributed by atoms with Crippen LogP contribution in [0.25, 0.3) is 21.8 Å². The zero-order chi connectivity index (χ0) is 12.7. The first-order chi connectivity index (χ1) is 8.65. The maximum absolute atomic E-state index is 10.5. The van der Waals surface area contributed by atoms with Gasteiger partial charge in [0.15, 0.2) is 11.6 Å². The molecule has 0 fully saturated rings. The van der Waals surface area contributed by atoms with Crippen molar-refractivity contribution in [1.82, 2.24) is 9.97 Å². The molecular formula is C10H6N4O3S. The molecule has 3 heterocycles. The molecule has 0 aliphatic heterocycles. The minimum absolute atomic E-state index is 0.226. The van der Waals surface area contributed by atoms with Gasteiger partial charge < -0.3 is 10.2 Å². The van der Waals surface area contributed by atoms with Gasteiger partial charge in [-0.3, -0.25) is 10.1 Å². The first kappa shape index (κ1) is 10.7. The van der Waals surface area contributed by atoms with Gasteiger partial charge in [-0.25, -0.2) is 9.97 Å². The average molecular weight is 262 g/mol. The minimum Gasteiger partial charge on any atom is -0.397 e. The highest BCUT2D eigenvalue weighted by Crippen LogP contribution is 2.28. The van der Waals surface area contributed by atoms with Gasteiger partial charge in [0.2, 0.25) is 0 Å². The highest BCUT2D eigenvalue weighted by atomic mass is 32.1. The van der Waals surface area contributed by atoms with Crippen molar-refractivity contribution < 1.29 is 9.34 Å². The number of furan rings is 1. The lowest BCUT2D eigenvalue weighted by Crippen LogP contribution is -1.95. The number of nitrogens with two attached hydrogens (primary N) is 1. The summed E-state index contributed by atoms with van der Waals surface area (Å²) in [5.41, 5.74) is 5.79. The molecule has 0 bridgehead atoms. The van der Waals surface area contributed by atoms with Gasteiger partial charge in [-0.2, -0.15) is 0 Å². The quantitative estimate of drug-likeness (QED) is 0.561. The van der Waals surface area contributed by atoms with Crippen LogP contribution >= 0.6 is 11.3 Å². The number of hydrogen-bond donors (Lipinski definition) is 1. The second-order valence-electron chi connectivity index (χ2n) is 3.47. The Balaban J connectivity index is 2.15. The number of nitro groups is 1. The Morgan fingerprint density at radius 2 is 2.17 bits per heavy atom. The third-order valence-electron chi connectivity index (χ3n) is 2.35. The number of nitrogen functional groups attached to an aromatic ring is 1. The van der Waals surface area contributed by atoms with Crippen molar-refractivity contribution in [3.05, 3.63) is 33.7 Å². The molecule has 0 aliphatic carbocycles. The second kappa shape index (κ2) is 3.77. The van der Waals surface area contributed by atoms with E-state index in [0.717, 1.165) is 10.2 Å². The molecule has 0 aliphatic rings. The van der Waals surface area contributed by atoms with Gasteiger partial charge in [0.05, 0.1) is 11.5 Å². The molecule has 0 aromatic carbocycles. The van der Waals surface area contributed by atoms with Crippen LogP contribution in [0, 0.1) is 10.1 Å². The third kappa shape index (κ3) is 1.59. The van der Waals surface area contributed by atoms with Gasteiger partial charge >= 0.3 is 5.88 Å². The molecule has 0 unspecified atom stereocenters. The van der Waals surface area contributed by atoms with Crippen LogP contribution in [0.3, 0.4) is 0 Å². The highest BCUT2D eigenvalue weighted by molar-refractivity contribution is 7.16. The van der Waals surface area contributed by atoms with Crippen molar-refractivity contribution in [2.24, 2.45) is 0 Å². The molecule has 0 spiro atoms. The number of nitrogens with zero attached hydrogens (tertiary/aromatic N) is 3. The van der Waals surface area contributed by atoms with E-state index in [4.69, 9.17) is 10.2 Å². The molecule has 0 amide bonds. The molecule has 8 heteroatoms. The smallest absolute Gasteiger partial charge is 0.397 e. The molecule has 2 N–H and O–H groups in total. The Morgan fingerprint density at radius 3 is 2.89 bits per heavy atom. The zero-order valence-corrected chi connectivity index (χ0v) is 9.68. The maximum atomic E-state index is 10.5. The predicted molar refractivity (Wildman–Crippen MR) is 66.2 cm³/mol. The molecule has 3 aromatic rings. The summed E-state index contributed by atoms with van der Waals surface area (Å²) in [6, 6.07) is 4.53. The molecule has 0 saturated heterocycles. The van der Waals surface area contributed by atoms with E-state index in [1.807, 2.05) is 11.4 Å². The summed E-state index contributed by atoms with van der Waals surface area (Å²) >= 11 is 1.42. The van der Waals surface area contributed by atoms with Crippen molar-refractivity contribution in [1.29, 1.82) is 0 Å². The monoisotopic (exact) mass is 262 g/mol. The Morgan fingerprint density at radius 1 is 1.33 bits per heavy atom. The SMILES string of the molecule is Nc1nc(-c2ccc([N+](=O)[O-])o2)nc2sccc12. The van der Waals surface area contributed by atoms with Crippen molar-refractivity contribution in [2.45, 2.75) is 0 Å². The second-order valence-corrected chi connectivity index (χ2v) is 4.36. The average Bonchev–Trinajstić information content (AvgIpc) is 2.97. The molecular weight excluding hydrogens is 256 g/mol. The normalized spacial score (nSPS) is 10.9. The van der Waals surface area contributed by atoms with Gasteiger partial charge in [0.25, 0.3) is 0 Å². The summed E-state index contributed by atoms with van der Waals surface area (Å²) in [7, 11) is 0. The number of thiophene rings is 1. The Labute approximate surface area is 104 Å². The van der Waals surface area contributed by atoms with Crippen molar-refractivity contribution in [2.75, 3.05) is 5.73 Å². The van der Waals surface area contributed by atoms with Crippen LogP contribution in [0.5, 0.6) is 0 Å². The van der Waals surface area contributed by atoms with E-state index in [2.05, 4.69) is 9.97 Å². The summed E-state index contributed by atoms with van der Waals surface area (Å²) in [4.78, 5) is 19.0. The molecule has 18 heavy (non-hydrogen) atoms. The Hall–Kier alpha value is -2.48. The van der Waals surface area contributed by atoms with Crippen molar-refractivity contribution >= 4 is 33.3 Å². The highest BCUT2D eigenvalue weighted by Gasteiger charge is 2.16. The summed E-state index contributed by atoms with van der Waals surface area (Å²) in [6.07, 6.45) is 0. The number of aromatic nitrogens is 2. The first-order valence-electron chi connectivity index (χ1n) is 4.90. The summed E-state index contributed by atoms with van der Waals surface area (Å²) in [5.74, 6) is 0.452. The maximum Gasteiger partial charge on any atom is 0.433 e.